The summed E-state index contributed by atoms with van der Waals surface area (Å²) >= 11 is 0. The van der Waals surface area contributed by atoms with Crippen LogP contribution in [-0.4, -0.2) is 28.8 Å². The molecule has 3 nitrogen and oxygen atoms in total. The topological polar surface area (TPSA) is 33.2 Å². The number of hydrogen-bond acceptors (Lipinski definition) is 3. The number of ketones is 1. The van der Waals surface area contributed by atoms with Crippen molar-refractivity contribution in [1.29, 1.82) is 0 Å². The summed E-state index contributed by atoms with van der Waals surface area (Å²) in [5.74, 6) is 0.396. The Balaban J connectivity index is 1.92. The highest BCUT2D eigenvalue weighted by Crippen LogP contribution is 2.20. The Bertz CT molecular complexity index is 337. The van der Waals surface area contributed by atoms with Gasteiger partial charge in [-0.05, 0) is 25.6 Å². The highest BCUT2D eigenvalue weighted by Gasteiger charge is 2.25. The maximum Gasteiger partial charge on any atom is 0.134 e. The number of carbonyl (C=O) groups is 1. The van der Waals surface area contributed by atoms with Crippen molar-refractivity contribution in [2.45, 2.75) is 31.8 Å². The SMILES string of the molecule is CN(Cc1ccccn1)C1CCC(=O)C1. The molecule has 1 aliphatic carbocycles. The van der Waals surface area contributed by atoms with E-state index in [1.807, 2.05) is 24.4 Å². The van der Waals surface area contributed by atoms with Crippen molar-refractivity contribution in [1.82, 2.24) is 9.88 Å². The van der Waals surface area contributed by atoms with Gasteiger partial charge in [0.15, 0.2) is 0 Å². The van der Waals surface area contributed by atoms with Crippen LogP contribution in [0.1, 0.15) is 25.0 Å². The molecule has 1 saturated carbocycles. The Morgan fingerprint density at radius 2 is 2.40 bits per heavy atom. The zero-order valence-electron chi connectivity index (χ0n) is 9.02. The fourth-order valence-electron chi connectivity index (χ4n) is 2.05. The second-order valence-corrected chi connectivity index (χ2v) is 4.17. The smallest absolute Gasteiger partial charge is 0.134 e. The van der Waals surface area contributed by atoms with Crippen LogP contribution in [0.5, 0.6) is 0 Å². The average Bonchev–Trinajstić information content (AvgIpc) is 2.66. The normalized spacial score (nSPS) is 21.2. The molecular weight excluding hydrogens is 188 g/mol. The van der Waals surface area contributed by atoms with Gasteiger partial charge in [0.1, 0.15) is 5.78 Å². The van der Waals surface area contributed by atoms with Crippen LogP contribution in [0.2, 0.25) is 0 Å². The summed E-state index contributed by atoms with van der Waals surface area (Å²) in [4.78, 5) is 17.7. The van der Waals surface area contributed by atoms with E-state index in [0.717, 1.165) is 25.1 Å². The summed E-state index contributed by atoms with van der Waals surface area (Å²) in [6, 6.07) is 6.35. The van der Waals surface area contributed by atoms with E-state index >= 15 is 0 Å². The number of Topliss-reactive ketones (excluding diaryl/α,β-unsaturated/α-hetero) is 1. The molecule has 1 aromatic heterocycles. The van der Waals surface area contributed by atoms with Gasteiger partial charge in [-0.25, -0.2) is 0 Å². The molecule has 0 amide bonds. The van der Waals surface area contributed by atoms with Crippen molar-refractivity contribution in [2.75, 3.05) is 7.05 Å². The van der Waals surface area contributed by atoms with E-state index in [-0.39, 0.29) is 0 Å². The second-order valence-electron chi connectivity index (χ2n) is 4.17. The maximum absolute atomic E-state index is 11.2. The Morgan fingerprint density at radius 1 is 1.53 bits per heavy atom. The van der Waals surface area contributed by atoms with E-state index < -0.39 is 0 Å². The van der Waals surface area contributed by atoms with Gasteiger partial charge >= 0.3 is 0 Å². The molecule has 0 aliphatic heterocycles. The highest BCUT2D eigenvalue weighted by molar-refractivity contribution is 5.81. The molecule has 1 unspecified atom stereocenters. The van der Waals surface area contributed by atoms with Crippen LogP contribution in [0.15, 0.2) is 24.4 Å². The van der Waals surface area contributed by atoms with Crippen molar-refractivity contribution in [3.8, 4) is 0 Å². The lowest BCUT2D eigenvalue weighted by Crippen LogP contribution is -2.29. The van der Waals surface area contributed by atoms with Crippen LogP contribution >= 0.6 is 0 Å². The third kappa shape index (κ3) is 2.63. The van der Waals surface area contributed by atoms with Gasteiger partial charge in [-0.3, -0.25) is 14.7 Å². The van der Waals surface area contributed by atoms with E-state index in [9.17, 15) is 4.79 Å². The minimum atomic E-state index is 0.396. The second kappa shape index (κ2) is 4.53. The summed E-state index contributed by atoms with van der Waals surface area (Å²) in [6.07, 6.45) is 4.27. The first-order chi connectivity index (χ1) is 7.25. The average molecular weight is 204 g/mol. The van der Waals surface area contributed by atoms with E-state index in [0.29, 0.717) is 18.2 Å². The van der Waals surface area contributed by atoms with Crippen LogP contribution < -0.4 is 0 Å². The predicted octanol–water partition coefficient (Wildman–Crippen LogP) is 1.64. The highest BCUT2D eigenvalue weighted by atomic mass is 16.1. The molecule has 15 heavy (non-hydrogen) atoms. The van der Waals surface area contributed by atoms with Gasteiger partial charge in [-0.2, -0.15) is 0 Å². The van der Waals surface area contributed by atoms with Gasteiger partial charge in [0.2, 0.25) is 0 Å². The van der Waals surface area contributed by atoms with Gasteiger partial charge in [-0.1, -0.05) is 6.07 Å². The Labute approximate surface area is 90.1 Å². The van der Waals surface area contributed by atoms with Gasteiger partial charge in [0, 0.05) is 31.6 Å². The first-order valence-electron chi connectivity index (χ1n) is 5.37. The van der Waals surface area contributed by atoms with Crippen molar-refractivity contribution in [3.63, 3.8) is 0 Å². The number of hydrogen-bond donors (Lipinski definition) is 0. The van der Waals surface area contributed by atoms with E-state index in [1.165, 1.54) is 0 Å². The number of aromatic nitrogens is 1. The zero-order valence-corrected chi connectivity index (χ0v) is 9.02. The molecule has 1 fully saturated rings. The molecule has 3 heteroatoms. The Morgan fingerprint density at radius 3 is 3.00 bits per heavy atom. The molecule has 1 heterocycles. The van der Waals surface area contributed by atoms with Crippen molar-refractivity contribution < 1.29 is 4.79 Å². The van der Waals surface area contributed by atoms with Crippen molar-refractivity contribution in [2.24, 2.45) is 0 Å². The molecule has 1 aromatic rings. The quantitative estimate of drug-likeness (QED) is 0.750. The molecule has 0 spiro atoms. The van der Waals surface area contributed by atoms with Crippen molar-refractivity contribution in [3.05, 3.63) is 30.1 Å². The number of nitrogens with zero attached hydrogens (tertiary/aromatic N) is 2. The van der Waals surface area contributed by atoms with Gasteiger partial charge in [0.05, 0.1) is 5.69 Å². The Kier molecular flexibility index (Phi) is 3.11. The Hall–Kier alpha value is -1.22. The van der Waals surface area contributed by atoms with E-state index in [1.54, 1.807) is 0 Å². The molecule has 0 bridgehead atoms. The third-order valence-electron chi connectivity index (χ3n) is 2.98. The molecule has 80 valence electrons. The molecule has 2 rings (SSSR count). The lowest BCUT2D eigenvalue weighted by molar-refractivity contribution is -0.117. The van der Waals surface area contributed by atoms with Crippen molar-refractivity contribution >= 4 is 5.78 Å². The van der Waals surface area contributed by atoms with E-state index in [2.05, 4.69) is 16.9 Å². The molecule has 0 radical (unpaired) electrons. The molecule has 1 aliphatic rings. The molecule has 1 atom stereocenters. The first-order valence-corrected chi connectivity index (χ1v) is 5.37. The molecule has 0 N–H and O–H groups in total. The summed E-state index contributed by atoms with van der Waals surface area (Å²) < 4.78 is 0. The molecular formula is C12H16N2O. The van der Waals surface area contributed by atoms with Crippen LogP contribution in [-0.2, 0) is 11.3 Å². The van der Waals surface area contributed by atoms with Crippen LogP contribution in [0.3, 0.4) is 0 Å². The van der Waals surface area contributed by atoms with Gasteiger partial charge in [0.25, 0.3) is 0 Å². The third-order valence-corrected chi connectivity index (χ3v) is 2.98. The summed E-state index contributed by atoms with van der Waals surface area (Å²) in [7, 11) is 2.07. The monoisotopic (exact) mass is 204 g/mol. The number of carbonyl (C=O) groups excluding carboxylic acids is 1. The lowest BCUT2D eigenvalue weighted by Gasteiger charge is -2.22. The van der Waals surface area contributed by atoms with E-state index in [4.69, 9.17) is 0 Å². The minimum Gasteiger partial charge on any atom is -0.300 e. The van der Waals surface area contributed by atoms with Crippen LogP contribution in [0.25, 0.3) is 0 Å². The molecule has 0 saturated heterocycles. The minimum absolute atomic E-state index is 0.396. The fraction of sp³-hybridized carbons (Fsp3) is 0.500. The summed E-state index contributed by atoms with van der Waals surface area (Å²) in [5.41, 5.74) is 1.07. The standard InChI is InChI=1S/C12H16N2O/c1-14(11-5-6-12(15)8-11)9-10-4-2-3-7-13-10/h2-4,7,11H,5-6,8-9H2,1H3. The predicted molar refractivity (Wildman–Crippen MR) is 58.4 cm³/mol. The number of rotatable bonds is 3. The van der Waals surface area contributed by atoms with Crippen LogP contribution in [0.4, 0.5) is 0 Å². The van der Waals surface area contributed by atoms with Gasteiger partial charge in [-0.15, -0.1) is 0 Å². The first kappa shape index (κ1) is 10.3. The van der Waals surface area contributed by atoms with Gasteiger partial charge < -0.3 is 0 Å². The van der Waals surface area contributed by atoms with Crippen LogP contribution in [0, 0.1) is 0 Å². The maximum atomic E-state index is 11.2. The number of pyridine rings is 1. The lowest BCUT2D eigenvalue weighted by atomic mass is 10.2. The molecule has 0 aromatic carbocycles. The summed E-state index contributed by atoms with van der Waals surface area (Å²) in [6.45, 7) is 0.832. The zero-order chi connectivity index (χ0) is 10.7. The fourth-order valence-corrected chi connectivity index (χ4v) is 2.05. The summed E-state index contributed by atoms with van der Waals surface area (Å²) in [5, 5.41) is 0. The largest absolute Gasteiger partial charge is 0.300 e.